The molecule has 0 saturated carbocycles. The molecule has 1 aromatic heterocycles. The van der Waals surface area contributed by atoms with E-state index in [2.05, 4.69) is 18.4 Å². The largest absolute Gasteiger partial charge is 0.496 e. The van der Waals surface area contributed by atoms with Crippen LogP contribution in [0.5, 0.6) is 5.75 Å². The van der Waals surface area contributed by atoms with Crippen LogP contribution in [0.1, 0.15) is 11.4 Å². The third-order valence-electron chi connectivity index (χ3n) is 2.00. The zero-order valence-corrected chi connectivity index (χ0v) is 10.3. The highest BCUT2D eigenvalue weighted by Crippen LogP contribution is 2.10. The van der Waals surface area contributed by atoms with Gasteiger partial charge in [-0.05, 0) is 0 Å². The first-order valence-electron chi connectivity index (χ1n) is 4.28. The summed E-state index contributed by atoms with van der Waals surface area (Å²) in [7, 11) is -1.21. The van der Waals surface area contributed by atoms with Gasteiger partial charge in [-0.1, -0.05) is 0 Å². The molecule has 1 heterocycles. The van der Waals surface area contributed by atoms with Gasteiger partial charge in [0.05, 0.1) is 7.11 Å². The second-order valence-electron chi connectivity index (χ2n) is 3.11. The summed E-state index contributed by atoms with van der Waals surface area (Å²) in [6.07, 6.45) is 0. The molecule has 6 nitrogen and oxygen atoms in total. The van der Waals surface area contributed by atoms with Gasteiger partial charge in [-0.3, -0.25) is 0 Å². The topological polar surface area (TPSA) is 105 Å². The highest BCUT2D eigenvalue weighted by atomic mass is 35.7. The fourth-order valence-corrected chi connectivity index (χ4v) is 1.04. The van der Waals surface area contributed by atoms with Crippen LogP contribution in [0.15, 0.2) is 12.1 Å². The van der Waals surface area contributed by atoms with Gasteiger partial charge < -0.3 is 4.74 Å². The molecule has 0 bridgehead atoms. The Morgan fingerprint density at radius 1 is 1.06 bits per heavy atom. The molecule has 0 N–H and O–H groups in total. The Morgan fingerprint density at radius 3 is 1.62 bits per heavy atom. The Labute approximate surface area is 96.1 Å². The first kappa shape index (κ1) is 15.1. The van der Waals surface area contributed by atoms with E-state index in [9.17, 15) is 0 Å². The minimum absolute atomic E-state index is 0.929. The van der Waals surface area contributed by atoms with Crippen molar-refractivity contribution in [3.63, 3.8) is 0 Å². The molecule has 1 rings (SSSR count). The Bertz CT molecular complexity index is 321. The lowest BCUT2D eigenvalue weighted by molar-refractivity contribution is -2.00. The number of nitrogens with zero attached hydrogens (tertiary/aromatic N) is 1. The van der Waals surface area contributed by atoms with Crippen molar-refractivity contribution in [1.29, 1.82) is 0 Å². The minimum atomic E-state index is -4.94. The smallest absolute Gasteiger partial charge is 0.181 e. The van der Waals surface area contributed by atoms with E-state index in [0.29, 0.717) is 0 Å². The average molecular weight is 252 g/mol. The van der Waals surface area contributed by atoms with E-state index in [1.165, 1.54) is 11.4 Å². The molecule has 0 unspecified atom stereocenters. The maximum atomic E-state index is 8.49. The molecule has 1 aromatic rings. The van der Waals surface area contributed by atoms with E-state index < -0.39 is 10.2 Å². The van der Waals surface area contributed by atoms with Gasteiger partial charge >= 0.3 is 0 Å². The van der Waals surface area contributed by atoms with Crippen molar-refractivity contribution in [2.45, 2.75) is 13.8 Å². The lowest BCUT2D eigenvalue weighted by Crippen LogP contribution is -2.68. The van der Waals surface area contributed by atoms with Crippen molar-refractivity contribution < 1.29 is 38.2 Å². The van der Waals surface area contributed by atoms with Gasteiger partial charge in [0.2, 0.25) is 0 Å². The number of methoxy groups -OCH3 is 1. The SMILES string of the molecule is COc1cc(C)[n+](C)c(C)c1.[O-][Cl+3]([O-])([O-])[O-]. The Balaban J connectivity index is 0.000000385. The van der Waals surface area contributed by atoms with Gasteiger partial charge in [-0.25, -0.2) is 23.2 Å². The molecule has 0 atom stereocenters. The number of ether oxygens (including phenoxy) is 1. The third-order valence-corrected chi connectivity index (χ3v) is 2.00. The second-order valence-corrected chi connectivity index (χ2v) is 3.87. The Hall–Kier alpha value is -0.920. The van der Waals surface area contributed by atoms with Crippen molar-refractivity contribution in [3.8, 4) is 5.75 Å². The van der Waals surface area contributed by atoms with Crippen molar-refractivity contribution in [2.24, 2.45) is 7.05 Å². The fraction of sp³-hybridized carbons (Fsp3) is 0.444. The van der Waals surface area contributed by atoms with Gasteiger partial charge in [0.15, 0.2) is 11.4 Å². The van der Waals surface area contributed by atoms with Crippen LogP contribution in [0.2, 0.25) is 0 Å². The normalized spacial score (nSPS) is 10.5. The van der Waals surface area contributed by atoms with Crippen molar-refractivity contribution in [2.75, 3.05) is 7.11 Å². The molecule has 0 aromatic carbocycles. The number of halogens is 1. The zero-order valence-electron chi connectivity index (χ0n) is 9.52. The summed E-state index contributed by atoms with van der Waals surface area (Å²) >= 11 is 0. The molecular weight excluding hydrogens is 238 g/mol. The van der Waals surface area contributed by atoms with E-state index in [0.717, 1.165) is 5.75 Å². The number of aromatic nitrogens is 1. The van der Waals surface area contributed by atoms with E-state index in [1.807, 2.05) is 19.2 Å². The zero-order chi connectivity index (χ0) is 12.9. The number of pyridine rings is 1. The molecule has 0 radical (unpaired) electrons. The van der Waals surface area contributed by atoms with Crippen LogP contribution in [0.4, 0.5) is 0 Å². The van der Waals surface area contributed by atoms with Crippen LogP contribution in [0.3, 0.4) is 0 Å². The van der Waals surface area contributed by atoms with Crippen molar-refractivity contribution in [1.82, 2.24) is 0 Å². The van der Waals surface area contributed by atoms with E-state index >= 15 is 0 Å². The van der Waals surface area contributed by atoms with Crippen LogP contribution >= 0.6 is 0 Å². The summed E-state index contributed by atoms with van der Waals surface area (Å²) < 4.78 is 41.2. The Kier molecular flexibility index (Phi) is 5.63. The quantitative estimate of drug-likeness (QED) is 0.479. The van der Waals surface area contributed by atoms with E-state index in [4.69, 9.17) is 23.4 Å². The maximum Gasteiger partial charge on any atom is 0.181 e. The molecule has 0 aliphatic rings. The van der Waals surface area contributed by atoms with Crippen molar-refractivity contribution >= 4 is 0 Å². The lowest BCUT2D eigenvalue weighted by atomic mass is 10.3. The summed E-state index contributed by atoms with van der Waals surface area (Å²) in [4.78, 5) is 0. The molecule has 0 spiro atoms. The fourth-order valence-electron chi connectivity index (χ4n) is 1.04. The monoisotopic (exact) mass is 251 g/mol. The van der Waals surface area contributed by atoms with Crippen LogP contribution in [-0.2, 0) is 7.05 Å². The first-order valence-corrected chi connectivity index (χ1v) is 5.51. The summed E-state index contributed by atoms with van der Waals surface area (Å²) in [5.74, 6) is 0.929. The van der Waals surface area contributed by atoms with E-state index in [1.54, 1.807) is 7.11 Å². The second kappa shape index (κ2) is 5.97. The molecule has 7 heteroatoms. The van der Waals surface area contributed by atoms with Crippen molar-refractivity contribution in [3.05, 3.63) is 23.5 Å². The standard InChI is InChI=1S/C9H14NO.ClHO4/c1-7-5-9(11-4)6-8(2)10(7)3;2-1(3,4)5/h5-6H,1-4H3;(H,2,3,4,5)/q+1;/p-1. The molecule has 16 heavy (non-hydrogen) atoms. The average Bonchev–Trinajstić information content (AvgIpc) is 2.10. The van der Waals surface area contributed by atoms with Gasteiger partial charge in [0, 0.05) is 26.0 Å². The molecular formula is C9H14ClNO5. The maximum absolute atomic E-state index is 8.49. The minimum Gasteiger partial charge on any atom is -0.496 e. The predicted molar refractivity (Wildman–Crippen MR) is 43.6 cm³/mol. The first-order chi connectivity index (χ1) is 7.15. The van der Waals surface area contributed by atoms with Crippen LogP contribution in [0, 0.1) is 24.1 Å². The van der Waals surface area contributed by atoms with Crippen LogP contribution in [0.25, 0.3) is 0 Å². The lowest BCUT2D eigenvalue weighted by Gasteiger charge is -2.17. The Morgan fingerprint density at radius 2 is 1.38 bits per heavy atom. The van der Waals surface area contributed by atoms with Gasteiger partial charge in [0.25, 0.3) is 0 Å². The highest BCUT2D eigenvalue weighted by Gasteiger charge is 2.06. The summed E-state index contributed by atoms with van der Waals surface area (Å²) in [5.41, 5.74) is 2.42. The molecule has 0 saturated heterocycles. The molecule has 0 aliphatic heterocycles. The molecule has 0 amide bonds. The van der Waals surface area contributed by atoms with Gasteiger partial charge in [-0.15, -0.1) is 10.2 Å². The van der Waals surface area contributed by atoms with E-state index in [-0.39, 0.29) is 0 Å². The summed E-state index contributed by atoms with van der Waals surface area (Å²) in [5, 5.41) is 0. The number of rotatable bonds is 1. The number of hydrogen-bond acceptors (Lipinski definition) is 5. The summed E-state index contributed by atoms with van der Waals surface area (Å²) in [6.45, 7) is 4.13. The predicted octanol–water partition coefficient (Wildman–Crippen LogP) is -3.62. The van der Waals surface area contributed by atoms with Gasteiger partial charge in [0.1, 0.15) is 12.8 Å². The highest BCUT2D eigenvalue weighted by molar-refractivity contribution is 5.21. The van der Waals surface area contributed by atoms with Crippen LogP contribution < -0.4 is 27.9 Å². The third kappa shape index (κ3) is 6.54. The molecule has 0 fully saturated rings. The van der Waals surface area contributed by atoms with Gasteiger partial charge in [-0.2, -0.15) is 0 Å². The number of aryl methyl sites for hydroxylation is 2. The summed E-state index contributed by atoms with van der Waals surface area (Å²) in [6, 6.07) is 4.04. The number of hydrogen-bond donors (Lipinski definition) is 0. The molecule has 92 valence electrons. The molecule has 0 aliphatic carbocycles. The van der Waals surface area contributed by atoms with Crippen LogP contribution in [-0.4, -0.2) is 7.11 Å².